The summed E-state index contributed by atoms with van der Waals surface area (Å²) in [7, 11) is 1.83. The second-order valence-electron chi connectivity index (χ2n) is 5.60. The zero-order valence-corrected chi connectivity index (χ0v) is 12.1. The molecule has 0 spiro atoms. The summed E-state index contributed by atoms with van der Waals surface area (Å²) in [5, 5.41) is 7.72. The van der Waals surface area contributed by atoms with Gasteiger partial charge < -0.3 is 4.98 Å². The Morgan fingerprint density at radius 2 is 2.18 bits per heavy atom. The van der Waals surface area contributed by atoms with Gasteiger partial charge in [0.2, 0.25) is 0 Å². The fourth-order valence-corrected chi connectivity index (χ4v) is 2.79. The van der Waals surface area contributed by atoms with Crippen LogP contribution in [0.5, 0.6) is 0 Å². The minimum absolute atomic E-state index is 0.00830. The van der Waals surface area contributed by atoms with E-state index in [0.29, 0.717) is 18.9 Å². The molecule has 1 atom stereocenters. The van der Waals surface area contributed by atoms with Gasteiger partial charge >= 0.3 is 6.18 Å². The van der Waals surface area contributed by atoms with E-state index in [1.165, 1.54) is 0 Å². The molecule has 1 N–H and O–H groups in total. The van der Waals surface area contributed by atoms with Crippen molar-refractivity contribution in [2.24, 2.45) is 7.05 Å². The molecule has 0 saturated carbocycles. The number of H-pyrrole nitrogens is 1. The third-order valence-corrected chi connectivity index (χ3v) is 3.99. The van der Waals surface area contributed by atoms with Crippen molar-refractivity contribution in [3.05, 3.63) is 29.6 Å². The van der Waals surface area contributed by atoms with Gasteiger partial charge in [-0.3, -0.25) is 9.58 Å². The van der Waals surface area contributed by atoms with Crippen LogP contribution in [-0.4, -0.2) is 43.0 Å². The molecule has 1 aliphatic rings. The highest BCUT2D eigenvalue weighted by molar-refractivity contribution is 5.10. The number of hydrogen-bond donors (Lipinski definition) is 1. The van der Waals surface area contributed by atoms with E-state index in [1.54, 1.807) is 10.9 Å². The molecule has 0 amide bonds. The average Bonchev–Trinajstić information content (AvgIpc) is 3.09. The van der Waals surface area contributed by atoms with E-state index in [0.717, 1.165) is 31.3 Å². The fraction of sp³-hybridized carbons (Fsp3) is 0.615. The molecule has 1 fully saturated rings. The molecule has 0 unspecified atom stereocenters. The number of rotatable bonds is 3. The number of hydrogen-bond acceptors (Lipinski definition) is 4. The van der Waals surface area contributed by atoms with Crippen LogP contribution in [-0.2, 0) is 19.8 Å². The maximum absolute atomic E-state index is 12.6. The van der Waals surface area contributed by atoms with Crippen molar-refractivity contribution in [1.29, 1.82) is 0 Å². The Hall–Kier alpha value is -1.90. The largest absolute Gasteiger partial charge is 0.432 e. The Labute approximate surface area is 125 Å². The van der Waals surface area contributed by atoms with Gasteiger partial charge in [0.15, 0.2) is 0 Å². The van der Waals surface area contributed by atoms with E-state index >= 15 is 0 Å². The number of nitrogens with one attached hydrogen (secondary N) is 1. The topological polar surface area (TPSA) is 62.6 Å². The number of nitrogens with zero attached hydrogens (tertiary/aromatic N) is 5. The Morgan fingerprint density at radius 3 is 2.82 bits per heavy atom. The van der Waals surface area contributed by atoms with Gasteiger partial charge in [0, 0.05) is 26.1 Å². The third-order valence-electron chi connectivity index (χ3n) is 3.99. The van der Waals surface area contributed by atoms with Crippen molar-refractivity contribution in [3.8, 4) is 0 Å². The Kier molecular flexibility index (Phi) is 3.90. The molecule has 6 nitrogen and oxygen atoms in total. The van der Waals surface area contributed by atoms with Crippen LogP contribution < -0.4 is 0 Å². The van der Waals surface area contributed by atoms with Crippen LogP contribution in [0.15, 0.2) is 12.4 Å². The maximum Gasteiger partial charge on any atom is 0.432 e. The number of aryl methyl sites for hydroxylation is 1. The Morgan fingerprint density at radius 1 is 1.36 bits per heavy atom. The molecule has 3 heterocycles. The fourth-order valence-electron chi connectivity index (χ4n) is 2.79. The van der Waals surface area contributed by atoms with E-state index in [4.69, 9.17) is 0 Å². The van der Waals surface area contributed by atoms with Gasteiger partial charge in [-0.05, 0) is 19.4 Å². The zero-order valence-electron chi connectivity index (χ0n) is 12.1. The van der Waals surface area contributed by atoms with Crippen LogP contribution in [0, 0.1) is 0 Å². The molecule has 1 saturated heterocycles. The Balaban J connectivity index is 1.68. The molecule has 0 bridgehead atoms. The van der Waals surface area contributed by atoms with Gasteiger partial charge in [-0.1, -0.05) is 5.21 Å². The molecule has 9 heteroatoms. The maximum atomic E-state index is 12.6. The number of likely N-dealkylation sites (tertiary alicyclic amines) is 1. The molecule has 0 radical (unpaired) electrons. The molecule has 1 aliphatic heterocycles. The van der Waals surface area contributed by atoms with Crippen molar-refractivity contribution < 1.29 is 13.2 Å². The standard InChI is InChI=1S/C13H17F3N6/c1-21-10(5-18-20-21)8-22-4-2-3-9(7-22)12-17-6-11(19-12)13(14,15)16/h5-6,9H,2-4,7-8H2,1H3,(H,17,19)/t9-/m1/s1. The van der Waals surface area contributed by atoms with Crippen LogP contribution in [0.3, 0.4) is 0 Å². The quantitative estimate of drug-likeness (QED) is 0.940. The minimum Gasteiger partial charge on any atom is -0.338 e. The van der Waals surface area contributed by atoms with Gasteiger partial charge in [-0.25, -0.2) is 4.98 Å². The molecule has 0 aliphatic carbocycles. The van der Waals surface area contributed by atoms with Gasteiger partial charge in [-0.15, -0.1) is 5.10 Å². The van der Waals surface area contributed by atoms with Crippen LogP contribution >= 0.6 is 0 Å². The highest BCUT2D eigenvalue weighted by atomic mass is 19.4. The lowest BCUT2D eigenvalue weighted by Crippen LogP contribution is -2.34. The molecule has 22 heavy (non-hydrogen) atoms. The number of piperidine rings is 1. The first-order chi connectivity index (χ1) is 10.4. The first kappa shape index (κ1) is 15.0. The summed E-state index contributed by atoms with van der Waals surface area (Å²) in [5.41, 5.74) is 0.200. The van der Waals surface area contributed by atoms with Crippen molar-refractivity contribution in [1.82, 2.24) is 29.9 Å². The summed E-state index contributed by atoms with van der Waals surface area (Å²) < 4.78 is 39.6. The van der Waals surface area contributed by atoms with Crippen molar-refractivity contribution in [2.45, 2.75) is 31.5 Å². The van der Waals surface area contributed by atoms with Gasteiger partial charge in [0.1, 0.15) is 11.5 Å². The molecular weight excluding hydrogens is 297 g/mol. The van der Waals surface area contributed by atoms with Gasteiger partial charge in [0.25, 0.3) is 0 Å². The van der Waals surface area contributed by atoms with Crippen LogP contribution in [0.25, 0.3) is 0 Å². The van der Waals surface area contributed by atoms with Gasteiger partial charge in [0.05, 0.1) is 18.1 Å². The van der Waals surface area contributed by atoms with Crippen LogP contribution in [0.2, 0.25) is 0 Å². The summed E-state index contributed by atoms with van der Waals surface area (Å²) in [6.07, 6.45) is -0.0273. The molecule has 120 valence electrons. The monoisotopic (exact) mass is 314 g/mol. The normalized spacial score (nSPS) is 20.5. The SMILES string of the molecule is Cn1nncc1CN1CCC[C@@H](c2ncc(C(F)(F)F)[nH]2)C1. The summed E-state index contributed by atoms with van der Waals surface area (Å²) >= 11 is 0. The first-order valence-corrected chi connectivity index (χ1v) is 7.11. The lowest BCUT2D eigenvalue weighted by Gasteiger charge is -2.31. The second kappa shape index (κ2) is 5.71. The van der Waals surface area contributed by atoms with E-state index in [-0.39, 0.29) is 5.92 Å². The molecule has 3 rings (SSSR count). The zero-order chi connectivity index (χ0) is 15.7. The lowest BCUT2D eigenvalue weighted by atomic mass is 9.97. The predicted octanol–water partition coefficient (Wildman–Crippen LogP) is 1.94. The minimum atomic E-state index is -4.38. The number of aromatic nitrogens is 5. The smallest absolute Gasteiger partial charge is 0.338 e. The molecule has 2 aromatic heterocycles. The first-order valence-electron chi connectivity index (χ1n) is 7.11. The number of alkyl halides is 3. The molecule has 0 aromatic carbocycles. The van der Waals surface area contributed by atoms with E-state index in [1.807, 2.05) is 7.05 Å². The number of imidazole rings is 1. The molecular formula is C13H17F3N6. The van der Waals surface area contributed by atoms with E-state index in [9.17, 15) is 13.2 Å². The van der Waals surface area contributed by atoms with E-state index in [2.05, 4.69) is 25.2 Å². The highest BCUT2D eigenvalue weighted by Gasteiger charge is 2.34. The Bertz CT molecular complexity index is 632. The average molecular weight is 314 g/mol. The van der Waals surface area contributed by atoms with E-state index < -0.39 is 11.9 Å². The van der Waals surface area contributed by atoms with Crippen molar-refractivity contribution in [3.63, 3.8) is 0 Å². The van der Waals surface area contributed by atoms with Crippen LogP contribution in [0.4, 0.5) is 13.2 Å². The number of aromatic amines is 1. The second-order valence-corrected chi connectivity index (χ2v) is 5.60. The summed E-state index contributed by atoms with van der Waals surface area (Å²) in [6, 6.07) is 0. The van der Waals surface area contributed by atoms with Crippen LogP contribution in [0.1, 0.15) is 36.0 Å². The number of halogens is 3. The summed E-state index contributed by atoms with van der Waals surface area (Å²) in [4.78, 5) is 8.54. The van der Waals surface area contributed by atoms with Gasteiger partial charge in [-0.2, -0.15) is 13.2 Å². The summed E-state index contributed by atoms with van der Waals surface area (Å²) in [6.45, 7) is 2.28. The molecule has 2 aromatic rings. The summed E-state index contributed by atoms with van der Waals surface area (Å²) in [5.74, 6) is 0.409. The predicted molar refractivity (Wildman–Crippen MR) is 71.8 cm³/mol. The van der Waals surface area contributed by atoms with Crippen molar-refractivity contribution >= 4 is 0 Å². The third kappa shape index (κ3) is 3.13. The van der Waals surface area contributed by atoms with Crippen molar-refractivity contribution in [2.75, 3.05) is 13.1 Å². The lowest BCUT2D eigenvalue weighted by molar-refractivity contribution is -0.141. The highest BCUT2D eigenvalue weighted by Crippen LogP contribution is 2.31.